The maximum absolute atomic E-state index is 13.3. The van der Waals surface area contributed by atoms with Crippen LogP contribution in [-0.2, 0) is 14.9 Å². The molecule has 0 amide bonds. The number of carbonyl (C=O) groups excluding carboxylic acids is 1. The third-order valence-corrected chi connectivity index (χ3v) is 3.08. The van der Waals surface area contributed by atoms with Crippen LogP contribution in [0.1, 0.15) is 10.4 Å². The van der Waals surface area contributed by atoms with Crippen LogP contribution in [0.3, 0.4) is 0 Å². The molecule has 1 aromatic rings. The molecule has 17 heavy (non-hydrogen) atoms. The number of ether oxygens (including phenoxy) is 1. The Kier molecular flexibility index (Phi) is 4.61. The normalized spacial score (nSPS) is 11.2. The van der Waals surface area contributed by atoms with Gasteiger partial charge in [-0.25, -0.2) is 9.18 Å². The van der Waals surface area contributed by atoms with E-state index in [9.17, 15) is 17.6 Å². The minimum atomic E-state index is -4.20. The molecule has 1 rings (SSSR count). The fraction of sp³-hybridized carbons (Fsp3) is 0.222. The van der Waals surface area contributed by atoms with Crippen molar-refractivity contribution < 1.29 is 26.9 Å². The number of rotatable bonds is 4. The highest BCUT2D eigenvalue weighted by Crippen LogP contribution is 2.20. The van der Waals surface area contributed by atoms with Crippen molar-refractivity contribution in [3.05, 3.63) is 34.1 Å². The summed E-state index contributed by atoms with van der Waals surface area (Å²) in [6.45, 7) is -0.543. The lowest BCUT2D eigenvalue weighted by atomic mass is 10.2. The molecule has 0 spiro atoms. The van der Waals surface area contributed by atoms with Gasteiger partial charge >= 0.3 is 5.97 Å². The Balaban J connectivity index is 2.71. The summed E-state index contributed by atoms with van der Waals surface area (Å²) in [4.78, 5) is 11.4. The van der Waals surface area contributed by atoms with Crippen LogP contribution in [0.15, 0.2) is 22.7 Å². The molecule has 0 aromatic heterocycles. The number of benzene rings is 1. The molecule has 0 unspecified atom stereocenters. The van der Waals surface area contributed by atoms with E-state index < -0.39 is 34.3 Å². The standard InChI is InChI=1S/C9H8BrFO5S/c10-6-2-1-3-7(11)8(6)9(12)16-4-5-17(13,14)15/h1-3H,4-5H2,(H,13,14,15). The van der Waals surface area contributed by atoms with Crippen molar-refractivity contribution in [2.24, 2.45) is 0 Å². The summed E-state index contributed by atoms with van der Waals surface area (Å²) < 4.78 is 47.1. The van der Waals surface area contributed by atoms with Crippen LogP contribution in [0.25, 0.3) is 0 Å². The molecule has 0 aliphatic carbocycles. The molecule has 0 fully saturated rings. The van der Waals surface area contributed by atoms with E-state index in [0.717, 1.165) is 6.07 Å². The Morgan fingerprint density at radius 1 is 1.47 bits per heavy atom. The zero-order valence-corrected chi connectivity index (χ0v) is 10.8. The second kappa shape index (κ2) is 5.56. The van der Waals surface area contributed by atoms with Crippen molar-refractivity contribution >= 4 is 32.0 Å². The third kappa shape index (κ3) is 4.41. The highest BCUT2D eigenvalue weighted by atomic mass is 79.9. The van der Waals surface area contributed by atoms with E-state index in [1.807, 2.05) is 0 Å². The predicted octanol–water partition coefficient (Wildman–Crippen LogP) is 1.63. The SMILES string of the molecule is O=C(OCCS(=O)(=O)O)c1c(F)cccc1Br. The summed E-state index contributed by atoms with van der Waals surface area (Å²) in [5.41, 5.74) is -0.317. The minimum absolute atomic E-state index is 0.203. The maximum atomic E-state index is 13.3. The highest BCUT2D eigenvalue weighted by molar-refractivity contribution is 9.10. The van der Waals surface area contributed by atoms with Gasteiger partial charge in [-0.05, 0) is 28.1 Å². The second-order valence-electron chi connectivity index (χ2n) is 3.02. The summed E-state index contributed by atoms with van der Waals surface area (Å²) in [6, 6.07) is 3.92. The van der Waals surface area contributed by atoms with Crippen molar-refractivity contribution in [2.75, 3.05) is 12.4 Å². The molecule has 0 atom stereocenters. The molecule has 0 heterocycles. The quantitative estimate of drug-likeness (QED) is 0.672. The van der Waals surface area contributed by atoms with Crippen LogP contribution in [0, 0.1) is 5.82 Å². The second-order valence-corrected chi connectivity index (χ2v) is 5.45. The van der Waals surface area contributed by atoms with Crippen LogP contribution in [0.4, 0.5) is 4.39 Å². The van der Waals surface area contributed by atoms with E-state index in [-0.39, 0.29) is 10.0 Å². The van der Waals surface area contributed by atoms with Crippen LogP contribution in [0.5, 0.6) is 0 Å². The van der Waals surface area contributed by atoms with Gasteiger partial charge in [0.15, 0.2) is 0 Å². The molecule has 0 saturated carbocycles. The average molecular weight is 327 g/mol. The Morgan fingerprint density at radius 2 is 2.12 bits per heavy atom. The van der Waals surface area contributed by atoms with E-state index in [0.29, 0.717) is 0 Å². The molecule has 1 aromatic carbocycles. The largest absolute Gasteiger partial charge is 0.461 e. The molecule has 8 heteroatoms. The monoisotopic (exact) mass is 326 g/mol. The summed E-state index contributed by atoms with van der Waals surface area (Å²) in [5, 5.41) is 0. The Hall–Kier alpha value is -0.990. The molecular formula is C9H8BrFO5S. The van der Waals surface area contributed by atoms with Crippen molar-refractivity contribution in [3.8, 4) is 0 Å². The molecular weight excluding hydrogens is 319 g/mol. The van der Waals surface area contributed by atoms with Crippen molar-refractivity contribution in [1.29, 1.82) is 0 Å². The molecule has 94 valence electrons. The van der Waals surface area contributed by atoms with E-state index in [1.54, 1.807) is 0 Å². The van der Waals surface area contributed by atoms with Gasteiger partial charge in [0.1, 0.15) is 23.7 Å². The highest BCUT2D eigenvalue weighted by Gasteiger charge is 2.17. The van der Waals surface area contributed by atoms with Gasteiger partial charge in [-0.15, -0.1) is 0 Å². The number of carbonyl (C=O) groups is 1. The van der Waals surface area contributed by atoms with Gasteiger partial charge in [-0.3, -0.25) is 4.55 Å². The summed E-state index contributed by atoms with van der Waals surface area (Å²) in [7, 11) is -4.20. The average Bonchev–Trinajstić information content (AvgIpc) is 2.15. The fourth-order valence-corrected chi connectivity index (χ4v) is 1.80. The Labute approximate surface area is 105 Å². The lowest BCUT2D eigenvalue weighted by Crippen LogP contribution is -2.16. The lowest BCUT2D eigenvalue weighted by molar-refractivity contribution is 0.0522. The number of hydrogen-bond acceptors (Lipinski definition) is 4. The lowest BCUT2D eigenvalue weighted by Gasteiger charge is -2.06. The topological polar surface area (TPSA) is 80.7 Å². The maximum Gasteiger partial charge on any atom is 0.342 e. The predicted molar refractivity (Wildman–Crippen MR) is 60.8 cm³/mol. The molecule has 0 saturated heterocycles. The van der Waals surface area contributed by atoms with Gasteiger partial charge in [0, 0.05) is 4.47 Å². The zero-order valence-electron chi connectivity index (χ0n) is 8.39. The van der Waals surface area contributed by atoms with E-state index in [2.05, 4.69) is 20.7 Å². The first kappa shape index (κ1) is 14.1. The molecule has 0 bridgehead atoms. The van der Waals surface area contributed by atoms with Crippen molar-refractivity contribution in [2.45, 2.75) is 0 Å². The van der Waals surface area contributed by atoms with Crippen molar-refractivity contribution in [1.82, 2.24) is 0 Å². The fourth-order valence-electron chi connectivity index (χ4n) is 1.00. The molecule has 0 aliphatic rings. The Morgan fingerprint density at radius 3 is 2.65 bits per heavy atom. The van der Waals surface area contributed by atoms with E-state index in [4.69, 9.17) is 4.55 Å². The molecule has 5 nitrogen and oxygen atoms in total. The summed E-state index contributed by atoms with van der Waals surface area (Å²) >= 11 is 2.97. The van der Waals surface area contributed by atoms with Gasteiger partial charge in [0.25, 0.3) is 10.1 Å². The van der Waals surface area contributed by atoms with Gasteiger partial charge < -0.3 is 4.74 Å². The first-order valence-corrected chi connectivity index (χ1v) is 6.78. The van der Waals surface area contributed by atoms with Gasteiger partial charge in [-0.2, -0.15) is 8.42 Å². The smallest absolute Gasteiger partial charge is 0.342 e. The van der Waals surface area contributed by atoms with Crippen LogP contribution in [0.2, 0.25) is 0 Å². The first-order chi connectivity index (χ1) is 7.81. The van der Waals surface area contributed by atoms with Crippen LogP contribution < -0.4 is 0 Å². The number of halogens is 2. The summed E-state index contributed by atoms with van der Waals surface area (Å²) in [5.74, 6) is -2.51. The molecule has 0 aliphatic heterocycles. The van der Waals surface area contributed by atoms with Crippen LogP contribution in [-0.4, -0.2) is 31.3 Å². The van der Waals surface area contributed by atoms with E-state index in [1.165, 1.54) is 12.1 Å². The Bertz CT molecular complexity index is 508. The van der Waals surface area contributed by atoms with Gasteiger partial charge in [0.2, 0.25) is 0 Å². The third-order valence-electron chi connectivity index (χ3n) is 1.74. The van der Waals surface area contributed by atoms with E-state index >= 15 is 0 Å². The molecule has 1 N–H and O–H groups in total. The first-order valence-electron chi connectivity index (χ1n) is 4.37. The van der Waals surface area contributed by atoms with Gasteiger partial charge in [-0.1, -0.05) is 6.07 Å². The molecule has 0 radical (unpaired) electrons. The summed E-state index contributed by atoms with van der Waals surface area (Å²) in [6.07, 6.45) is 0. The number of hydrogen-bond donors (Lipinski definition) is 1. The minimum Gasteiger partial charge on any atom is -0.461 e. The van der Waals surface area contributed by atoms with Crippen molar-refractivity contribution in [3.63, 3.8) is 0 Å². The van der Waals surface area contributed by atoms with Crippen LogP contribution >= 0.6 is 15.9 Å². The van der Waals surface area contributed by atoms with Gasteiger partial charge in [0.05, 0.1) is 0 Å². The zero-order chi connectivity index (χ0) is 13.1. The number of esters is 1.